The van der Waals surface area contributed by atoms with E-state index in [-0.39, 0.29) is 24.9 Å². The first-order valence-electron chi connectivity index (χ1n) is 9.80. The lowest BCUT2D eigenvalue weighted by atomic mass is 9.82. The SMILES string of the molecule is CCOC(=O)C(Cc1ccc(OC)cc1)C(Cc1ccc2c(c1)OCO2)C[N+](=O)[O-]. The van der Waals surface area contributed by atoms with Gasteiger partial charge in [0.2, 0.25) is 13.3 Å². The Morgan fingerprint density at radius 2 is 1.80 bits per heavy atom. The van der Waals surface area contributed by atoms with Crippen LogP contribution in [0.1, 0.15) is 18.1 Å². The highest BCUT2D eigenvalue weighted by Crippen LogP contribution is 2.34. The molecular weight excluding hydrogens is 390 g/mol. The van der Waals surface area contributed by atoms with E-state index in [0.29, 0.717) is 30.1 Å². The lowest BCUT2D eigenvalue weighted by molar-refractivity contribution is -0.489. The first kappa shape index (κ1) is 21.4. The molecule has 0 fully saturated rings. The third-order valence-electron chi connectivity index (χ3n) is 5.09. The Morgan fingerprint density at radius 1 is 1.10 bits per heavy atom. The number of carbonyl (C=O) groups excluding carboxylic acids is 1. The second-order valence-electron chi connectivity index (χ2n) is 7.08. The van der Waals surface area contributed by atoms with Gasteiger partial charge in [0.05, 0.1) is 19.6 Å². The van der Waals surface area contributed by atoms with Crippen molar-refractivity contribution >= 4 is 5.97 Å². The fraction of sp³-hybridized carbons (Fsp3) is 0.409. The van der Waals surface area contributed by atoms with Crippen molar-refractivity contribution in [2.45, 2.75) is 19.8 Å². The van der Waals surface area contributed by atoms with Crippen molar-refractivity contribution in [1.29, 1.82) is 0 Å². The minimum Gasteiger partial charge on any atom is -0.497 e. The summed E-state index contributed by atoms with van der Waals surface area (Å²) in [5.41, 5.74) is 1.73. The van der Waals surface area contributed by atoms with Gasteiger partial charge in [0.25, 0.3) is 0 Å². The zero-order valence-electron chi connectivity index (χ0n) is 17.0. The van der Waals surface area contributed by atoms with Crippen molar-refractivity contribution < 1.29 is 28.7 Å². The third-order valence-corrected chi connectivity index (χ3v) is 5.09. The highest BCUT2D eigenvalue weighted by Gasteiger charge is 2.34. The predicted octanol–water partition coefficient (Wildman–Crippen LogP) is 3.28. The number of fused-ring (bicyclic) bond motifs is 1. The zero-order chi connectivity index (χ0) is 21.5. The van der Waals surface area contributed by atoms with Crippen LogP contribution in [0.4, 0.5) is 0 Å². The fourth-order valence-electron chi connectivity index (χ4n) is 3.60. The van der Waals surface area contributed by atoms with Gasteiger partial charge in [-0.3, -0.25) is 14.9 Å². The molecule has 8 heteroatoms. The number of carbonyl (C=O) groups is 1. The van der Waals surface area contributed by atoms with Gasteiger partial charge in [-0.1, -0.05) is 18.2 Å². The highest BCUT2D eigenvalue weighted by molar-refractivity contribution is 5.73. The van der Waals surface area contributed by atoms with Gasteiger partial charge in [-0.2, -0.15) is 0 Å². The van der Waals surface area contributed by atoms with Gasteiger partial charge < -0.3 is 18.9 Å². The summed E-state index contributed by atoms with van der Waals surface area (Å²) in [7, 11) is 1.58. The topological polar surface area (TPSA) is 97.1 Å². The maximum absolute atomic E-state index is 12.8. The van der Waals surface area contributed by atoms with E-state index in [9.17, 15) is 14.9 Å². The van der Waals surface area contributed by atoms with E-state index in [1.807, 2.05) is 24.3 Å². The van der Waals surface area contributed by atoms with E-state index in [0.717, 1.165) is 11.1 Å². The zero-order valence-corrected chi connectivity index (χ0v) is 17.0. The molecule has 0 spiro atoms. The molecule has 2 aromatic rings. The second-order valence-corrected chi connectivity index (χ2v) is 7.08. The summed E-state index contributed by atoms with van der Waals surface area (Å²) in [6.45, 7) is 1.75. The molecule has 0 N–H and O–H groups in total. The molecule has 2 unspecified atom stereocenters. The van der Waals surface area contributed by atoms with Crippen LogP contribution >= 0.6 is 0 Å². The first-order chi connectivity index (χ1) is 14.5. The molecule has 2 aromatic carbocycles. The molecule has 30 heavy (non-hydrogen) atoms. The molecular formula is C22H25NO7. The lowest BCUT2D eigenvalue weighted by Gasteiger charge is -2.23. The van der Waals surface area contributed by atoms with E-state index in [1.165, 1.54) is 0 Å². The van der Waals surface area contributed by atoms with Crippen LogP contribution in [0.15, 0.2) is 42.5 Å². The van der Waals surface area contributed by atoms with E-state index < -0.39 is 17.8 Å². The summed E-state index contributed by atoms with van der Waals surface area (Å²) in [5, 5.41) is 11.4. The minimum absolute atomic E-state index is 0.153. The average molecular weight is 415 g/mol. The molecule has 0 amide bonds. The molecule has 1 aliphatic rings. The van der Waals surface area contributed by atoms with E-state index >= 15 is 0 Å². The van der Waals surface area contributed by atoms with Crippen LogP contribution in [0.25, 0.3) is 0 Å². The number of esters is 1. The van der Waals surface area contributed by atoms with Crippen molar-refractivity contribution in [3.05, 3.63) is 63.7 Å². The minimum atomic E-state index is -0.658. The Kier molecular flexibility index (Phi) is 7.11. The van der Waals surface area contributed by atoms with E-state index in [1.54, 1.807) is 32.2 Å². The summed E-state index contributed by atoms with van der Waals surface area (Å²) in [6.07, 6.45) is 0.684. The van der Waals surface area contributed by atoms with Gasteiger partial charge in [-0.05, 0) is 55.2 Å². The molecule has 1 aliphatic heterocycles. The number of hydrogen-bond donors (Lipinski definition) is 0. The molecule has 0 radical (unpaired) electrons. The molecule has 0 aromatic heterocycles. The summed E-state index contributed by atoms with van der Waals surface area (Å²) >= 11 is 0. The Bertz CT molecular complexity index is 882. The monoisotopic (exact) mass is 415 g/mol. The number of ether oxygens (including phenoxy) is 4. The predicted molar refractivity (Wildman–Crippen MR) is 108 cm³/mol. The fourth-order valence-corrected chi connectivity index (χ4v) is 3.60. The molecule has 2 atom stereocenters. The van der Waals surface area contributed by atoms with Crippen molar-refractivity contribution in [2.24, 2.45) is 11.8 Å². The normalized spacial score (nSPS) is 14.1. The summed E-state index contributed by atoms with van der Waals surface area (Å²) in [5.74, 6) is 0.324. The molecule has 160 valence electrons. The van der Waals surface area contributed by atoms with Gasteiger partial charge in [0.15, 0.2) is 11.5 Å². The van der Waals surface area contributed by atoms with Crippen LogP contribution in [0.2, 0.25) is 0 Å². The maximum atomic E-state index is 12.8. The number of benzene rings is 2. The van der Waals surface area contributed by atoms with Crippen LogP contribution in [0, 0.1) is 22.0 Å². The van der Waals surface area contributed by atoms with Crippen molar-refractivity contribution in [1.82, 2.24) is 0 Å². The molecule has 8 nitrogen and oxygen atoms in total. The third kappa shape index (κ3) is 5.40. The average Bonchev–Trinajstić information content (AvgIpc) is 3.19. The summed E-state index contributed by atoms with van der Waals surface area (Å²) < 4.78 is 21.2. The van der Waals surface area contributed by atoms with E-state index in [4.69, 9.17) is 18.9 Å². The maximum Gasteiger partial charge on any atom is 0.309 e. The van der Waals surface area contributed by atoms with Crippen molar-refractivity contribution in [3.63, 3.8) is 0 Å². The lowest BCUT2D eigenvalue weighted by Crippen LogP contribution is -2.33. The van der Waals surface area contributed by atoms with Crippen LogP contribution in [0.5, 0.6) is 17.2 Å². The number of hydrogen-bond acceptors (Lipinski definition) is 7. The second kappa shape index (κ2) is 9.96. The molecule has 0 bridgehead atoms. The molecule has 1 heterocycles. The van der Waals surface area contributed by atoms with Crippen LogP contribution in [-0.2, 0) is 22.4 Å². The number of nitrogens with zero attached hydrogens (tertiary/aromatic N) is 1. The van der Waals surface area contributed by atoms with Gasteiger partial charge >= 0.3 is 5.97 Å². The van der Waals surface area contributed by atoms with Crippen molar-refractivity contribution in [3.8, 4) is 17.2 Å². The quantitative estimate of drug-likeness (QED) is 0.334. The molecule has 0 saturated carbocycles. The van der Waals surface area contributed by atoms with Crippen LogP contribution in [-0.4, -0.2) is 37.9 Å². The van der Waals surface area contributed by atoms with Gasteiger partial charge in [0.1, 0.15) is 5.75 Å². The Hall–Kier alpha value is -3.29. The smallest absolute Gasteiger partial charge is 0.309 e. The van der Waals surface area contributed by atoms with Gasteiger partial charge in [0, 0.05) is 10.8 Å². The molecule has 3 rings (SSSR count). The van der Waals surface area contributed by atoms with Crippen LogP contribution in [0.3, 0.4) is 0 Å². The molecule has 0 aliphatic carbocycles. The Balaban J connectivity index is 1.85. The number of rotatable bonds is 10. The number of methoxy groups -OCH3 is 1. The standard InChI is InChI=1S/C22H25NO7/c1-3-28-22(24)19(11-15-4-7-18(27-2)8-5-15)17(13-23(25)26)10-16-6-9-20-21(12-16)30-14-29-20/h4-9,12,17,19H,3,10-11,13-14H2,1-2H3. The van der Waals surface area contributed by atoms with Gasteiger partial charge in [-0.25, -0.2) is 0 Å². The summed E-state index contributed by atoms with van der Waals surface area (Å²) in [6, 6.07) is 12.8. The van der Waals surface area contributed by atoms with Crippen molar-refractivity contribution in [2.75, 3.05) is 27.1 Å². The first-order valence-corrected chi connectivity index (χ1v) is 9.80. The molecule has 0 saturated heterocycles. The highest BCUT2D eigenvalue weighted by atomic mass is 16.7. The van der Waals surface area contributed by atoms with E-state index in [2.05, 4.69) is 0 Å². The largest absolute Gasteiger partial charge is 0.497 e. The number of nitro groups is 1. The Morgan fingerprint density at radius 3 is 2.47 bits per heavy atom. The van der Waals surface area contributed by atoms with Gasteiger partial charge in [-0.15, -0.1) is 0 Å². The Labute approximate surface area is 174 Å². The van der Waals surface area contributed by atoms with Crippen LogP contribution < -0.4 is 14.2 Å². The summed E-state index contributed by atoms with van der Waals surface area (Å²) in [4.78, 5) is 23.8.